The minimum absolute atomic E-state index is 0.0496. The molecule has 1 radical (unpaired) electrons. The maximum absolute atomic E-state index is 9.10. The smallest absolute Gasteiger partial charge is 0.0840 e. The first-order chi connectivity index (χ1) is 6.24. The van der Waals surface area contributed by atoms with Gasteiger partial charge in [0, 0.05) is 5.39 Å². The number of H-pyrrole nitrogens is 1. The minimum atomic E-state index is -0.0496. The van der Waals surface area contributed by atoms with E-state index in [1.165, 1.54) is 0 Å². The zero-order valence-corrected chi connectivity index (χ0v) is 7.60. The highest BCUT2D eigenvalue weighted by molar-refractivity contribution is 6.35. The van der Waals surface area contributed by atoms with Gasteiger partial charge in [-0.3, -0.25) is 5.10 Å². The quantitative estimate of drug-likeness (QED) is 0.730. The van der Waals surface area contributed by atoms with Crippen LogP contribution in [-0.4, -0.2) is 15.3 Å². The van der Waals surface area contributed by atoms with E-state index >= 15 is 0 Å². The monoisotopic (exact) mass is 195 g/mol. The molecule has 0 saturated heterocycles. The van der Waals surface area contributed by atoms with Gasteiger partial charge >= 0.3 is 0 Å². The highest BCUT2D eigenvalue weighted by Crippen LogP contribution is 2.27. The standard InChI is InChI=1S/C9H8ClN2O/c1-5-2-8(10)9-6(3-11-12-9)7(5)4-13/h2-3,13H,1,4H2,(H,11,12). The molecule has 3 nitrogen and oxygen atoms in total. The number of aliphatic hydroxyl groups excluding tert-OH is 1. The number of nitrogens with zero attached hydrogens (tertiary/aromatic N) is 1. The number of benzene rings is 1. The number of aromatic amines is 1. The van der Waals surface area contributed by atoms with Crippen molar-refractivity contribution in [2.24, 2.45) is 0 Å². The first kappa shape index (κ1) is 8.53. The summed E-state index contributed by atoms with van der Waals surface area (Å²) in [6, 6.07) is 1.72. The van der Waals surface area contributed by atoms with Gasteiger partial charge in [-0.25, -0.2) is 0 Å². The van der Waals surface area contributed by atoms with Crippen molar-refractivity contribution in [3.63, 3.8) is 0 Å². The normalized spacial score (nSPS) is 11.0. The third-order valence-electron chi connectivity index (χ3n) is 2.05. The molecule has 0 saturated carbocycles. The predicted molar refractivity (Wildman–Crippen MR) is 51.5 cm³/mol. The van der Waals surface area contributed by atoms with E-state index < -0.39 is 0 Å². The van der Waals surface area contributed by atoms with Crippen molar-refractivity contribution in [3.8, 4) is 0 Å². The third-order valence-corrected chi connectivity index (χ3v) is 2.35. The lowest BCUT2D eigenvalue weighted by Gasteiger charge is -2.04. The van der Waals surface area contributed by atoms with Crippen molar-refractivity contribution in [1.82, 2.24) is 10.2 Å². The molecule has 4 heteroatoms. The molecular formula is C9H8ClN2O. The first-order valence-corrected chi connectivity index (χ1v) is 4.19. The van der Waals surface area contributed by atoms with Gasteiger partial charge in [-0.05, 0) is 24.1 Å². The number of nitrogens with one attached hydrogen (secondary N) is 1. The van der Waals surface area contributed by atoms with Gasteiger partial charge in [0.15, 0.2) is 0 Å². The number of halogens is 1. The Kier molecular flexibility index (Phi) is 1.98. The highest BCUT2D eigenvalue weighted by Gasteiger charge is 2.08. The molecule has 2 aromatic rings. The Balaban J connectivity index is 2.88. The van der Waals surface area contributed by atoms with Gasteiger partial charge in [0.2, 0.25) is 0 Å². The Hall–Kier alpha value is -1.06. The van der Waals surface area contributed by atoms with Gasteiger partial charge in [-0.15, -0.1) is 0 Å². The molecule has 2 N–H and O–H groups in total. The van der Waals surface area contributed by atoms with Crippen LogP contribution in [-0.2, 0) is 6.61 Å². The second-order valence-corrected chi connectivity index (χ2v) is 3.22. The minimum Gasteiger partial charge on any atom is -0.392 e. The predicted octanol–water partition coefficient (Wildman–Crippen LogP) is 1.89. The van der Waals surface area contributed by atoms with Crippen LogP contribution in [0.2, 0.25) is 5.02 Å². The maximum atomic E-state index is 9.10. The first-order valence-electron chi connectivity index (χ1n) is 3.81. The van der Waals surface area contributed by atoms with Crippen molar-refractivity contribution in [3.05, 3.63) is 35.3 Å². The largest absolute Gasteiger partial charge is 0.392 e. The van der Waals surface area contributed by atoms with E-state index in [0.29, 0.717) is 5.02 Å². The second-order valence-electron chi connectivity index (χ2n) is 2.81. The summed E-state index contributed by atoms with van der Waals surface area (Å²) in [7, 11) is 0. The van der Waals surface area contributed by atoms with Crippen LogP contribution in [0.5, 0.6) is 0 Å². The topological polar surface area (TPSA) is 48.9 Å². The third kappa shape index (κ3) is 1.20. The summed E-state index contributed by atoms with van der Waals surface area (Å²) in [5, 5.41) is 17.1. The summed E-state index contributed by atoms with van der Waals surface area (Å²) in [6.45, 7) is 3.75. The summed E-state index contributed by atoms with van der Waals surface area (Å²) in [6.07, 6.45) is 1.64. The molecule has 0 unspecified atom stereocenters. The highest BCUT2D eigenvalue weighted by atomic mass is 35.5. The van der Waals surface area contributed by atoms with Crippen molar-refractivity contribution >= 4 is 22.5 Å². The fraction of sp³-hybridized carbons (Fsp3) is 0.111. The summed E-state index contributed by atoms with van der Waals surface area (Å²) in [5.74, 6) is 0. The number of rotatable bonds is 1. The molecule has 1 heterocycles. The van der Waals surface area contributed by atoms with Gasteiger partial charge in [0.25, 0.3) is 0 Å². The van der Waals surface area contributed by atoms with E-state index in [1.54, 1.807) is 12.3 Å². The number of aliphatic hydroxyl groups is 1. The van der Waals surface area contributed by atoms with Crippen LogP contribution in [0.25, 0.3) is 10.9 Å². The molecule has 1 aromatic carbocycles. The van der Waals surface area contributed by atoms with Crippen LogP contribution in [0.1, 0.15) is 11.1 Å². The number of aromatic nitrogens is 2. The zero-order valence-electron chi connectivity index (χ0n) is 6.84. The molecule has 1 aromatic heterocycles. The Morgan fingerprint density at radius 2 is 2.38 bits per heavy atom. The van der Waals surface area contributed by atoms with E-state index in [2.05, 4.69) is 17.1 Å². The summed E-state index contributed by atoms with van der Waals surface area (Å²) >= 11 is 5.94. The summed E-state index contributed by atoms with van der Waals surface area (Å²) in [4.78, 5) is 0. The van der Waals surface area contributed by atoms with Crippen molar-refractivity contribution in [2.45, 2.75) is 6.61 Å². The molecule has 0 bridgehead atoms. The molecule has 0 amide bonds. The summed E-state index contributed by atoms with van der Waals surface area (Å²) < 4.78 is 0. The second kappa shape index (κ2) is 3.01. The zero-order chi connectivity index (χ0) is 9.42. The lowest BCUT2D eigenvalue weighted by atomic mass is 10.1. The lowest BCUT2D eigenvalue weighted by molar-refractivity contribution is 0.283. The molecule has 0 aliphatic rings. The number of fused-ring (bicyclic) bond motifs is 1. The average Bonchev–Trinajstić information content (AvgIpc) is 2.53. The van der Waals surface area contributed by atoms with Crippen molar-refractivity contribution in [1.29, 1.82) is 0 Å². The summed E-state index contributed by atoms with van der Waals surface area (Å²) in [5.41, 5.74) is 2.26. The van der Waals surface area contributed by atoms with Gasteiger partial charge < -0.3 is 5.11 Å². The fourth-order valence-corrected chi connectivity index (χ4v) is 1.64. The van der Waals surface area contributed by atoms with E-state index in [0.717, 1.165) is 22.0 Å². The molecule has 67 valence electrons. The fourth-order valence-electron chi connectivity index (χ4n) is 1.37. The molecule has 2 rings (SSSR count). The molecule has 13 heavy (non-hydrogen) atoms. The van der Waals surface area contributed by atoms with E-state index in [9.17, 15) is 0 Å². The van der Waals surface area contributed by atoms with Crippen LogP contribution in [0.15, 0.2) is 12.3 Å². The van der Waals surface area contributed by atoms with E-state index in [1.807, 2.05) is 0 Å². The number of hydrogen-bond acceptors (Lipinski definition) is 2. The van der Waals surface area contributed by atoms with Gasteiger partial charge in [-0.1, -0.05) is 11.6 Å². The average molecular weight is 196 g/mol. The Morgan fingerprint density at radius 1 is 1.62 bits per heavy atom. The Bertz CT molecular complexity index is 450. The van der Waals surface area contributed by atoms with E-state index in [4.69, 9.17) is 16.7 Å². The molecule has 0 aliphatic heterocycles. The van der Waals surface area contributed by atoms with Crippen LogP contribution < -0.4 is 0 Å². The molecule has 0 atom stereocenters. The number of hydrogen-bond donors (Lipinski definition) is 2. The molecule has 0 aliphatic carbocycles. The molecule has 0 spiro atoms. The van der Waals surface area contributed by atoms with Gasteiger partial charge in [0.05, 0.1) is 23.3 Å². The Morgan fingerprint density at radius 3 is 3.08 bits per heavy atom. The van der Waals surface area contributed by atoms with Crippen LogP contribution >= 0.6 is 11.6 Å². The van der Waals surface area contributed by atoms with Crippen LogP contribution in [0.3, 0.4) is 0 Å². The van der Waals surface area contributed by atoms with Gasteiger partial charge in [0.1, 0.15) is 0 Å². The van der Waals surface area contributed by atoms with Crippen LogP contribution in [0, 0.1) is 6.92 Å². The van der Waals surface area contributed by atoms with Crippen LogP contribution in [0.4, 0.5) is 0 Å². The van der Waals surface area contributed by atoms with Crippen molar-refractivity contribution in [2.75, 3.05) is 0 Å². The van der Waals surface area contributed by atoms with E-state index in [-0.39, 0.29) is 6.61 Å². The van der Waals surface area contributed by atoms with Gasteiger partial charge in [-0.2, -0.15) is 5.10 Å². The van der Waals surface area contributed by atoms with Crippen molar-refractivity contribution < 1.29 is 5.11 Å². The molecule has 0 fully saturated rings. The lowest BCUT2D eigenvalue weighted by Crippen LogP contribution is -1.89. The molecular weight excluding hydrogens is 188 g/mol. The Labute approximate surface area is 80.3 Å². The maximum Gasteiger partial charge on any atom is 0.0840 e. The SMILES string of the molecule is [CH2]c1cc(Cl)c2[nH]ncc2c1CO.